The molecule has 0 amide bonds. The molecule has 1 aromatic rings. The van der Waals surface area contributed by atoms with Crippen molar-refractivity contribution < 1.29 is 4.74 Å². The number of nitrogens with two attached hydrogens (primary N) is 1. The second-order valence-electron chi connectivity index (χ2n) is 3.13. The molecule has 70 valence electrons. The van der Waals surface area contributed by atoms with Crippen molar-refractivity contribution in [1.29, 1.82) is 0 Å². The van der Waals surface area contributed by atoms with E-state index < -0.39 is 0 Å². The molecule has 0 aliphatic heterocycles. The molecular formula is C9H11IN2O. The highest BCUT2D eigenvalue weighted by molar-refractivity contribution is 14.1. The van der Waals surface area contributed by atoms with Crippen LogP contribution in [0.15, 0.2) is 12.3 Å². The summed E-state index contributed by atoms with van der Waals surface area (Å²) in [6, 6.07) is 1.93. The molecule has 2 rings (SSSR count). The van der Waals surface area contributed by atoms with E-state index in [9.17, 15) is 0 Å². The number of pyridine rings is 1. The predicted octanol–water partition coefficient (Wildman–Crippen LogP) is 1.69. The van der Waals surface area contributed by atoms with Gasteiger partial charge in [0.2, 0.25) is 0 Å². The highest BCUT2D eigenvalue weighted by Gasteiger charge is 2.24. The van der Waals surface area contributed by atoms with Crippen LogP contribution in [0.4, 0.5) is 0 Å². The molecule has 0 bridgehead atoms. The molecule has 0 atom stereocenters. The van der Waals surface area contributed by atoms with Gasteiger partial charge in [-0.2, -0.15) is 0 Å². The Morgan fingerprint density at radius 3 is 3.00 bits per heavy atom. The Bertz CT molecular complexity index is 312. The number of hydrogen-bond donors (Lipinski definition) is 1. The molecular weight excluding hydrogens is 279 g/mol. The zero-order chi connectivity index (χ0) is 9.26. The average molecular weight is 290 g/mol. The van der Waals surface area contributed by atoms with Gasteiger partial charge in [0, 0.05) is 18.8 Å². The maximum atomic E-state index is 5.70. The maximum absolute atomic E-state index is 5.70. The first-order valence-electron chi connectivity index (χ1n) is 4.30. The Morgan fingerprint density at radius 1 is 1.62 bits per heavy atom. The van der Waals surface area contributed by atoms with Crippen LogP contribution in [0.5, 0.6) is 5.75 Å². The van der Waals surface area contributed by atoms with Crippen molar-refractivity contribution in [2.45, 2.75) is 25.5 Å². The van der Waals surface area contributed by atoms with Crippen molar-refractivity contribution in [2.24, 2.45) is 5.73 Å². The molecule has 1 aliphatic rings. The van der Waals surface area contributed by atoms with Crippen LogP contribution in [0.3, 0.4) is 0 Å². The number of rotatable bonds is 3. The smallest absolute Gasteiger partial charge is 0.136 e. The van der Waals surface area contributed by atoms with E-state index in [0.29, 0.717) is 12.6 Å². The Kier molecular flexibility index (Phi) is 2.69. The number of halogens is 1. The van der Waals surface area contributed by atoms with Gasteiger partial charge in [0.25, 0.3) is 0 Å². The van der Waals surface area contributed by atoms with Gasteiger partial charge in [-0.05, 0) is 35.4 Å². The normalized spacial score (nSPS) is 15.8. The molecule has 1 aliphatic carbocycles. The number of ether oxygens (including phenoxy) is 1. The van der Waals surface area contributed by atoms with Gasteiger partial charge in [0.05, 0.1) is 15.4 Å². The minimum atomic E-state index is 0.432. The van der Waals surface area contributed by atoms with Crippen LogP contribution in [0, 0.1) is 3.57 Å². The Balaban J connectivity index is 2.19. The van der Waals surface area contributed by atoms with Crippen LogP contribution in [-0.4, -0.2) is 11.1 Å². The minimum Gasteiger partial charge on any atom is -0.489 e. The third kappa shape index (κ3) is 2.31. The lowest BCUT2D eigenvalue weighted by Gasteiger charge is -2.07. The first-order chi connectivity index (χ1) is 6.29. The molecule has 1 saturated carbocycles. The van der Waals surface area contributed by atoms with Gasteiger partial charge in [-0.3, -0.25) is 4.98 Å². The summed E-state index contributed by atoms with van der Waals surface area (Å²) >= 11 is 2.23. The van der Waals surface area contributed by atoms with E-state index in [1.165, 1.54) is 12.8 Å². The highest BCUT2D eigenvalue weighted by Crippen LogP contribution is 2.29. The van der Waals surface area contributed by atoms with Gasteiger partial charge in [-0.25, -0.2) is 0 Å². The lowest BCUT2D eigenvalue weighted by atomic mass is 10.3. The SMILES string of the molecule is NCc1cc(OC2CC2)c(I)cn1. The zero-order valence-electron chi connectivity index (χ0n) is 7.16. The molecule has 2 N–H and O–H groups in total. The van der Waals surface area contributed by atoms with Crippen LogP contribution in [0.1, 0.15) is 18.5 Å². The van der Waals surface area contributed by atoms with Gasteiger partial charge in [0.1, 0.15) is 5.75 Å². The van der Waals surface area contributed by atoms with Crippen LogP contribution in [0.2, 0.25) is 0 Å². The van der Waals surface area contributed by atoms with Gasteiger partial charge >= 0.3 is 0 Å². The van der Waals surface area contributed by atoms with Crippen molar-refractivity contribution >= 4 is 22.6 Å². The molecule has 4 heteroatoms. The highest BCUT2D eigenvalue weighted by atomic mass is 127. The van der Waals surface area contributed by atoms with Crippen molar-refractivity contribution in [3.63, 3.8) is 0 Å². The molecule has 3 nitrogen and oxygen atoms in total. The van der Waals surface area contributed by atoms with Crippen LogP contribution < -0.4 is 10.5 Å². The van der Waals surface area contributed by atoms with Gasteiger partial charge in [-0.1, -0.05) is 0 Å². The van der Waals surface area contributed by atoms with Crippen molar-refractivity contribution in [3.8, 4) is 5.75 Å². The fourth-order valence-corrected chi connectivity index (χ4v) is 1.45. The minimum absolute atomic E-state index is 0.432. The van der Waals surface area contributed by atoms with E-state index in [1.54, 1.807) is 6.20 Å². The number of nitrogens with zero attached hydrogens (tertiary/aromatic N) is 1. The van der Waals surface area contributed by atoms with Crippen LogP contribution in [0.25, 0.3) is 0 Å². The molecule has 0 spiro atoms. The Morgan fingerprint density at radius 2 is 2.38 bits per heavy atom. The van der Waals surface area contributed by atoms with E-state index in [1.807, 2.05) is 6.07 Å². The predicted molar refractivity (Wildman–Crippen MR) is 58.5 cm³/mol. The molecule has 0 radical (unpaired) electrons. The topological polar surface area (TPSA) is 48.1 Å². The second-order valence-corrected chi connectivity index (χ2v) is 4.29. The molecule has 0 unspecified atom stereocenters. The second kappa shape index (κ2) is 3.79. The monoisotopic (exact) mass is 290 g/mol. The summed E-state index contributed by atoms with van der Waals surface area (Å²) in [5.74, 6) is 0.929. The summed E-state index contributed by atoms with van der Waals surface area (Å²) < 4.78 is 6.75. The Hall–Kier alpha value is -0.360. The van der Waals surface area contributed by atoms with Crippen LogP contribution in [-0.2, 0) is 6.54 Å². The largest absolute Gasteiger partial charge is 0.489 e. The standard InChI is InChI=1S/C9H11IN2O/c10-8-5-12-6(4-11)3-9(8)13-7-1-2-7/h3,5,7H,1-2,4,11H2. The summed E-state index contributed by atoms with van der Waals surface area (Å²) in [6.45, 7) is 0.470. The summed E-state index contributed by atoms with van der Waals surface area (Å²) in [5, 5.41) is 0. The Labute approximate surface area is 90.8 Å². The van der Waals surface area contributed by atoms with E-state index in [-0.39, 0.29) is 0 Å². The summed E-state index contributed by atoms with van der Waals surface area (Å²) in [5.41, 5.74) is 6.38. The quantitative estimate of drug-likeness (QED) is 0.862. The number of hydrogen-bond acceptors (Lipinski definition) is 3. The maximum Gasteiger partial charge on any atom is 0.136 e. The number of aromatic nitrogens is 1. The van der Waals surface area contributed by atoms with Gasteiger partial charge in [0.15, 0.2) is 0 Å². The summed E-state index contributed by atoms with van der Waals surface area (Å²) in [6.07, 6.45) is 4.59. The molecule has 0 saturated heterocycles. The van der Waals surface area contributed by atoms with Gasteiger partial charge in [-0.15, -0.1) is 0 Å². The summed E-state index contributed by atoms with van der Waals surface area (Å²) in [4.78, 5) is 4.17. The van der Waals surface area contributed by atoms with E-state index in [2.05, 4.69) is 27.6 Å². The molecule has 1 aromatic heterocycles. The van der Waals surface area contributed by atoms with Crippen LogP contribution >= 0.6 is 22.6 Å². The van der Waals surface area contributed by atoms with Crippen molar-refractivity contribution in [3.05, 3.63) is 21.5 Å². The first-order valence-corrected chi connectivity index (χ1v) is 5.38. The van der Waals surface area contributed by atoms with Crippen molar-refractivity contribution in [2.75, 3.05) is 0 Å². The molecule has 0 aromatic carbocycles. The van der Waals surface area contributed by atoms with Gasteiger partial charge < -0.3 is 10.5 Å². The molecule has 1 fully saturated rings. The summed E-state index contributed by atoms with van der Waals surface area (Å²) in [7, 11) is 0. The fourth-order valence-electron chi connectivity index (χ4n) is 1.03. The van der Waals surface area contributed by atoms with E-state index >= 15 is 0 Å². The zero-order valence-corrected chi connectivity index (χ0v) is 9.32. The first kappa shape index (κ1) is 9.21. The third-order valence-corrected chi connectivity index (χ3v) is 2.71. The van der Waals surface area contributed by atoms with E-state index in [4.69, 9.17) is 10.5 Å². The lowest BCUT2D eigenvalue weighted by Crippen LogP contribution is -2.03. The van der Waals surface area contributed by atoms with E-state index in [0.717, 1.165) is 15.0 Å². The average Bonchev–Trinajstić information content (AvgIpc) is 2.93. The molecule has 13 heavy (non-hydrogen) atoms. The van der Waals surface area contributed by atoms with Crippen molar-refractivity contribution in [1.82, 2.24) is 4.98 Å². The third-order valence-electron chi connectivity index (χ3n) is 1.90. The fraction of sp³-hybridized carbons (Fsp3) is 0.444. The lowest BCUT2D eigenvalue weighted by molar-refractivity contribution is 0.300. The molecule has 1 heterocycles.